The van der Waals surface area contributed by atoms with Crippen LogP contribution in [0.25, 0.3) is 0 Å². The fraction of sp³-hybridized carbons (Fsp3) is 0.385. The first-order valence-electron chi connectivity index (χ1n) is 5.83. The van der Waals surface area contributed by atoms with Crippen molar-refractivity contribution in [3.8, 4) is 0 Å². The first-order valence-corrected chi connectivity index (χ1v) is 5.83. The van der Waals surface area contributed by atoms with E-state index in [4.69, 9.17) is 0 Å². The van der Waals surface area contributed by atoms with Crippen LogP contribution < -0.4 is 5.43 Å². The van der Waals surface area contributed by atoms with E-state index in [1.165, 1.54) is 12.1 Å². The zero-order valence-corrected chi connectivity index (χ0v) is 9.74. The van der Waals surface area contributed by atoms with Gasteiger partial charge in [0.1, 0.15) is 5.82 Å². The third-order valence-corrected chi connectivity index (χ3v) is 2.76. The monoisotopic (exact) mass is 234 g/mol. The van der Waals surface area contributed by atoms with E-state index in [9.17, 15) is 9.18 Å². The molecule has 0 saturated heterocycles. The Morgan fingerprint density at radius 3 is 2.59 bits per heavy atom. The summed E-state index contributed by atoms with van der Waals surface area (Å²) in [7, 11) is 0. The number of nitrogens with one attached hydrogen (secondary N) is 1. The second-order valence-electron chi connectivity index (χ2n) is 4.17. The van der Waals surface area contributed by atoms with E-state index in [1.807, 2.05) is 6.92 Å². The van der Waals surface area contributed by atoms with Gasteiger partial charge in [0.15, 0.2) is 0 Å². The third kappa shape index (κ3) is 3.12. The number of hydrazone groups is 1. The van der Waals surface area contributed by atoms with Crippen molar-refractivity contribution >= 4 is 11.6 Å². The molecule has 1 fully saturated rings. The van der Waals surface area contributed by atoms with Gasteiger partial charge in [-0.15, -0.1) is 0 Å². The zero-order valence-electron chi connectivity index (χ0n) is 9.74. The number of hydrogen-bond acceptors (Lipinski definition) is 2. The van der Waals surface area contributed by atoms with Crippen LogP contribution in [0.2, 0.25) is 0 Å². The van der Waals surface area contributed by atoms with Crippen molar-refractivity contribution < 1.29 is 9.18 Å². The maximum Gasteiger partial charge on any atom is 0.243 e. The van der Waals surface area contributed by atoms with Crippen LogP contribution in [0.3, 0.4) is 0 Å². The lowest BCUT2D eigenvalue weighted by Gasteiger charge is -2.04. The molecule has 2 rings (SSSR count). The Balaban J connectivity index is 2.06. The minimum Gasteiger partial charge on any atom is -0.273 e. The number of carbonyl (C=O) groups excluding carboxylic acids is 1. The minimum atomic E-state index is -0.272. The van der Waals surface area contributed by atoms with Crippen LogP contribution in [0.1, 0.15) is 31.7 Å². The molecule has 0 unspecified atom stereocenters. The highest BCUT2D eigenvalue weighted by Gasteiger charge is 2.29. The molecule has 1 N–H and O–H groups in total. The van der Waals surface area contributed by atoms with Crippen molar-refractivity contribution in [1.29, 1.82) is 0 Å². The quantitative estimate of drug-likeness (QED) is 0.631. The van der Waals surface area contributed by atoms with Gasteiger partial charge in [-0.25, -0.2) is 9.82 Å². The Morgan fingerprint density at radius 2 is 2.06 bits per heavy atom. The normalized spacial score (nSPS) is 15.8. The molecule has 0 heterocycles. The number of hydrogen-bond donors (Lipinski definition) is 1. The molecular weight excluding hydrogens is 219 g/mol. The summed E-state index contributed by atoms with van der Waals surface area (Å²) in [5.74, 6) is -0.144. The second kappa shape index (κ2) is 5.08. The summed E-state index contributed by atoms with van der Waals surface area (Å²) < 4.78 is 12.8. The average Bonchev–Trinajstić information content (AvgIpc) is 3.16. The van der Waals surface area contributed by atoms with Gasteiger partial charge in [-0.1, -0.05) is 19.1 Å². The molecule has 4 heteroatoms. The van der Waals surface area contributed by atoms with Crippen LogP contribution in [-0.4, -0.2) is 11.6 Å². The SMILES string of the molecule is CC/C(=N\NC(=O)C1CC1)c1ccc(F)cc1. The van der Waals surface area contributed by atoms with Gasteiger partial charge < -0.3 is 0 Å². The molecule has 1 saturated carbocycles. The molecule has 0 radical (unpaired) electrons. The number of carbonyl (C=O) groups is 1. The minimum absolute atomic E-state index is 0.0157. The smallest absolute Gasteiger partial charge is 0.243 e. The highest BCUT2D eigenvalue weighted by atomic mass is 19.1. The maximum absolute atomic E-state index is 12.8. The summed E-state index contributed by atoms with van der Waals surface area (Å²) >= 11 is 0. The number of rotatable bonds is 4. The van der Waals surface area contributed by atoms with Crippen LogP contribution >= 0.6 is 0 Å². The maximum atomic E-state index is 12.8. The number of amides is 1. The van der Waals surface area contributed by atoms with Crippen LogP contribution in [0, 0.1) is 11.7 Å². The van der Waals surface area contributed by atoms with E-state index in [0.717, 1.165) is 24.1 Å². The van der Waals surface area contributed by atoms with Crippen molar-refractivity contribution in [1.82, 2.24) is 5.43 Å². The topological polar surface area (TPSA) is 41.5 Å². The Kier molecular flexibility index (Phi) is 3.52. The highest BCUT2D eigenvalue weighted by Crippen LogP contribution is 2.28. The molecule has 0 spiro atoms. The molecule has 3 nitrogen and oxygen atoms in total. The second-order valence-corrected chi connectivity index (χ2v) is 4.17. The molecule has 0 aliphatic heterocycles. The molecule has 1 aliphatic carbocycles. The van der Waals surface area contributed by atoms with Gasteiger partial charge in [0.05, 0.1) is 5.71 Å². The van der Waals surface area contributed by atoms with Crippen molar-refractivity contribution in [2.75, 3.05) is 0 Å². The summed E-state index contributed by atoms with van der Waals surface area (Å²) in [4.78, 5) is 11.4. The van der Waals surface area contributed by atoms with Gasteiger partial charge in [0.25, 0.3) is 0 Å². The van der Waals surface area contributed by atoms with Crippen LogP contribution in [0.15, 0.2) is 29.4 Å². The Morgan fingerprint density at radius 1 is 1.41 bits per heavy atom. The summed E-state index contributed by atoms with van der Waals surface area (Å²) in [5, 5.41) is 4.10. The average molecular weight is 234 g/mol. The van der Waals surface area contributed by atoms with Gasteiger partial charge in [-0.3, -0.25) is 4.79 Å². The molecule has 1 aromatic carbocycles. The fourth-order valence-electron chi connectivity index (χ4n) is 1.55. The largest absolute Gasteiger partial charge is 0.273 e. The third-order valence-electron chi connectivity index (χ3n) is 2.76. The molecule has 0 atom stereocenters. The molecule has 90 valence electrons. The van der Waals surface area contributed by atoms with E-state index < -0.39 is 0 Å². The van der Waals surface area contributed by atoms with E-state index >= 15 is 0 Å². The first kappa shape index (κ1) is 11.8. The predicted molar refractivity (Wildman–Crippen MR) is 64.1 cm³/mol. The Labute approximate surface area is 99.7 Å². The standard InChI is InChI=1S/C13H15FN2O/c1-2-12(9-5-7-11(14)8-6-9)15-16-13(17)10-3-4-10/h5-8,10H,2-4H2,1H3,(H,16,17)/b15-12+. The molecule has 0 bridgehead atoms. The molecule has 17 heavy (non-hydrogen) atoms. The summed E-state index contributed by atoms with van der Waals surface area (Å²) in [6.07, 6.45) is 2.61. The fourth-order valence-corrected chi connectivity index (χ4v) is 1.55. The first-order chi connectivity index (χ1) is 8.20. The van der Waals surface area contributed by atoms with Crippen molar-refractivity contribution in [2.24, 2.45) is 11.0 Å². The highest BCUT2D eigenvalue weighted by molar-refractivity contribution is 6.01. The summed E-state index contributed by atoms with van der Waals surface area (Å²) in [6.45, 7) is 1.95. The van der Waals surface area contributed by atoms with Crippen LogP contribution in [0.5, 0.6) is 0 Å². The van der Waals surface area contributed by atoms with Crippen LogP contribution in [-0.2, 0) is 4.79 Å². The molecule has 1 amide bonds. The van der Waals surface area contributed by atoms with Crippen LogP contribution in [0.4, 0.5) is 4.39 Å². The van der Waals surface area contributed by atoms with Crippen molar-refractivity contribution in [3.05, 3.63) is 35.6 Å². The Hall–Kier alpha value is -1.71. The lowest BCUT2D eigenvalue weighted by Crippen LogP contribution is -2.21. The number of halogens is 1. The summed E-state index contributed by atoms with van der Waals surface area (Å²) in [5.41, 5.74) is 4.16. The van der Waals surface area contributed by atoms with Gasteiger partial charge in [0.2, 0.25) is 5.91 Å². The van der Waals surface area contributed by atoms with Crippen molar-refractivity contribution in [2.45, 2.75) is 26.2 Å². The van der Waals surface area contributed by atoms with E-state index in [1.54, 1.807) is 12.1 Å². The van der Waals surface area contributed by atoms with Gasteiger partial charge in [-0.05, 0) is 37.0 Å². The number of benzene rings is 1. The van der Waals surface area contributed by atoms with Gasteiger partial charge in [-0.2, -0.15) is 5.10 Å². The molecular formula is C13H15FN2O. The van der Waals surface area contributed by atoms with E-state index in [-0.39, 0.29) is 17.6 Å². The van der Waals surface area contributed by atoms with E-state index in [0.29, 0.717) is 6.42 Å². The van der Waals surface area contributed by atoms with Gasteiger partial charge >= 0.3 is 0 Å². The molecule has 1 aliphatic rings. The lowest BCUT2D eigenvalue weighted by atomic mass is 10.1. The predicted octanol–water partition coefficient (Wildman–Crippen LogP) is 2.47. The summed E-state index contributed by atoms with van der Waals surface area (Å²) in [6, 6.07) is 6.12. The zero-order chi connectivity index (χ0) is 12.3. The van der Waals surface area contributed by atoms with E-state index in [2.05, 4.69) is 10.5 Å². The molecule has 1 aromatic rings. The lowest BCUT2D eigenvalue weighted by molar-refractivity contribution is -0.122. The number of nitrogens with zero attached hydrogens (tertiary/aromatic N) is 1. The van der Waals surface area contributed by atoms with Gasteiger partial charge in [0, 0.05) is 5.92 Å². The van der Waals surface area contributed by atoms with Crippen molar-refractivity contribution in [3.63, 3.8) is 0 Å². The molecule has 0 aromatic heterocycles. The Bertz CT molecular complexity index is 435.